The highest BCUT2D eigenvalue weighted by molar-refractivity contribution is 7.14. The fraction of sp³-hybridized carbons (Fsp3) is 0.333. The maximum absolute atomic E-state index is 13.1. The highest BCUT2D eigenvalue weighted by Gasteiger charge is 2.69. The third-order valence-corrected chi connectivity index (χ3v) is 7.74. The molecule has 4 heterocycles. The molecule has 3 aliphatic carbocycles. The van der Waals surface area contributed by atoms with Gasteiger partial charge in [0, 0.05) is 35.0 Å². The van der Waals surface area contributed by atoms with Crippen LogP contribution in [0.15, 0.2) is 35.3 Å². The number of hydrogen-bond acceptors (Lipinski definition) is 8. The molecule has 0 N–H and O–H groups in total. The van der Waals surface area contributed by atoms with E-state index in [4.69, 9.17) is 0 Å². The molecule has 2 saturated heterocycles. The summed E-state index contributed by atoms with van der Waals surface area (Å²) in [6.45, 7) is 0. The lowest BCUT2D eigenvalue weighted by atomic mass is 9.54. The Kier molecular flexibility index (Phi) is 3.15. The first-order valence-electron chi connectivity index (χ1n) is 8.82. The van der Waals surface area contributed by atoms with E-state index in [1.54, 1.807) is 23.2 Å². The highest BCUT2D eigenvalue weighted by atomic mass is 32.1. The molecule has 2 aliphatic heterocycles. The largest absolute Gasteiger partial charge is 0.274 e. The van der Waals surface area contributed by atoms with Crippen LogP contribution in [0.2, 0.25) is 0 Å². The molecule has 2 bridgehead atoms. The number of imide groups is 2. The molecule has 4 amide bonds. The van der Waals surface area contributed by atoms with Gasteiger partial charge in [-0.3, -0.25) is 19.2 Å². The van der Waals surface area contributed by atoms with E-state index in [-0.39, 0.29) is 23.6 Å². The monoisotopic (exact) mass is 412 g/mol. The molecule has 0 spiro atoms. The molecule has 2 aromatic rings. The summed E-state index contributed by atoms with van der Waals surface area (Å²) in [6.07, 6.45) is 6.78. The van der Waals surface area contributed by atoms with Crippen molar-refractivity contribution in [3.8, 4) is 0 Å². The first kappa shape index (κ1) is 16.3. The average molecular weight is 412 g/mol. The zero-order valence-electron chi connectivity index (χ0n) is 14.2. The minimum Gasteiger partial charge on any atom is -0.274 e. The molecule has 1 saturated carbocycles. The lowest BCUT2D eigenvalue weighted by Crippen LogP contribution is -2.50. The molecular weight excluding hydrogens is 400 g/mol. The molecule has 7 rings (SSSR count). The van der Waals surface area contributed by atoms with Gasteiger partial charge < -0.3 is 0 Å². The number of rotatable bonds is 2. The number of carbonyl (C=O) groups is 4. The number of allylic oxidation sites excluding steroid dienone is 2. The van der Waals surface area contributed by atoms with Crippen LogP contribution in [0.5, 0.6) is 0 Å². The Hall–Kier alpha value is -2.72. The maximum atomic E-state index is 13.1. The van der Waals surface area contributed by atoms with Crippen LogP contribution in [-0.2, 0) is 19.2 Å². The van der Waals surface area contributed by atoms with Crippen LogP contribution < -0.4 is 9.80 Å². The average Bonchev–Trinajstić information content (AvgIpc) is 3.46. The minimum atomic E-state index is -0.624. The van der Waals surface area contributed by atoms with E-state index < -0.39 is 35.5 Å². The molecule has 0 radical (unpaired) electrons. The van der Waals surface area contributed by atoms with Crippen LogP contribution in [0.4, 0.5) is 10.3 Å². The van der Waals surface area contributed by atoms with Crippen molar-refractivity contribution in [2.75, 3.05) is 9.80 Å². The molecule has 28 heavy (non-hydrogen) atoms. The quantitative estimate of drug-likeness (QED) is 0.545. The number of amides is 4. The molecule has 5 aliphatic rings. The Balaban J connectivity index is 1.44. The molecule has 3 fully saturated rings. The second kappa shape index (κ2) is 5.42. The third kappa shape index (κ3) is 1.79. The molecule has 4 atom stereocenters. The van der Waals surface area contributed by atoms with Crippen molar-refractivity contribution in [1.29, 1.82) is 0 Å². The van der Waals surface area contributed by atoms with Gasteiger partial charge >= 0.3 is 0 Å². The zero-order valence-corrected chi connectivity index (χ0v) is 15.8. The number of aromatic nitrogens is 2. The van der Waals surface area contributed by atoms with Gasteiger partial charge in [-0.15, -0.1) is 22.7 Å². The van der Waals surface area contributed by atoms with Crippen molar-refractivity contribution in [2.45, 2.75) is 0 Å². The SMILES string of the molecule is O=C1[C@@H]2C3C=CC([C@@H]2C(=O)N1c1nccs1)[C@@H]1C(=O)N(c2nccs2)C(=O)[C@H]31. The predicted molar refractivity (Wildman–Crippen MR) is 99.3 cm³/mol. The standard InChI is InChI=1S/C18H12N4O4S2/c23-13-9-7-1-2-8(11(9)15(25)21(13)17-19-3-5-27-17)12-10(7)14(24)22(16(12)26)18-20-4-6-28-18/h1-12H/t7?,8?,9-,10-,11+,12+. The fourth-order valence-corrected chi connectivity index (χ4v) is 6.56. The Bertz CT molecular complexity index is 935. The van der Waals surface area contributed by atoms with Gasteiger partial charge in [0.1, 0.15) is 0 Å². The molecule has 2 aromatic heterocycles. The maximum Gasteiger partial charge on any atom is 0.240 e. The summed E-state index contributed by atoms with van der Waals surface area (Å²) in [5.74, 6) is -4.73. The van der Waals surface area contributed by atoms with Crippen LogP contribution in [-0.4, -0.2) is 33.6 Å². The lowest BCUT2D eigenvalue weighted by molar-refractivity contribution is -0.137. The van der Waals surface area contributed by atoms with E-state index in [2.05, 4.69) is 9.97 Å². The number of carbonyl (C=O) groups excluding carboxylic acids is 4. The third-order valence-electron chi connectivity index (χ3n) is 6.23. The topological polar surface area (TPSA) is 101 Å². The second-order valence-electron chi connectivity index (χ2n) is 7.30. The summed E-state index contributed by atoms with van der Waals surface area (Å²) in [7, 11) is 0. The molecule has 8 nitrogen and oxygen atoms in total. The number of hydrogen-bond donors (Lipinski definition) is 0. The Morgan fingerprint density at radius 1 is 0.643 bits per heavy atom. The van der Waals surface area contributed by atoms with Gasteiger partial charge in [-0.1, -0.05) is 12.2 Å². The summed E-state index contributed by atoms with van der Waals surface area (Å²) in [5, 5.41) is 4.10. The Morgan fingerprint density at radius 3 is 1.29 bits per heavy atom. The van der Waals surface area contributed by atoms with Gasteiger partial charge in [-0.05, 0) is 0 Å². The van der Waals surface area contributed by atoms with Crippen LogP contribution in [0.25, 0.3) is 0 Å². The van der Waals surface area contributed by atoms with E-state index in [1.807, 2.05) is 12.2 Å². The smallest absolute Gasteiger partial charge is 0.240 e. The lowest BCUT2D eigenvalue weighted by Gasteiger charge is -2.44. The predicted octanol–water partition coefficient (Wildman–Crippen LogP) is 1.33. The van der Waals surface area contributed by atoms with Crippen molar-refractivity contribution >= 4 is 56.6 Å². The Morgan fingerprint density at radius 2 is 1.00 bits per heavy atom. The first-order valence-corrected chi connectivity index (χ1v) is 10.6. The van der Waals surface area contributed by atoms with E-state index >= 15 is 0 Å². The number of anilines is 2. The van der Waals surface area contributed by atoms with Crippen LogP contribution in [0.3, 0.4) is 0 Å². The van der Waals surface area contributed by atoms with Gasteiger partial charge in [-0.2, -0.15) is 0 Å². The normalized spacial score (nSPS) is 35.9. The fourth-order valence-electron chi connectivity index (χ4n) is 5.26. The number of nitrogens with zero attached hydrogens (tertiary/aromatic N) is 4. The first-order chi connectivity index (χ1) is 13.6. The van der Waals surface area contributed by atoms with Crippen molar-refractivity contribution in [3.05, 3.63) is 35.3 Å². The Labute approximate surface area is 166 Å². The second-order valence-corrected chi connectivity index (χ2v) is 9.04. The summed E-state index contributed by atoms with van der Waals surface area (Å²) in [4.78, 5) is 63.1. The highest BCUT2D eigenvalue weighted by Crippen LogP contribution is 2.58. The van der Waals surface area contributed by atoms with E-state index in [1.165, 1.54) is 22.7 Å². The summed E-state index contributed by atoms with van der Waals surface area (Å²) in [6, 6.07) is 0. The molecule has 140 valence electrons. The molecule has 10 heteroatoms. The van der Waals surface area contributed by atoms with Gasteiger partial charge in [0.2, 0.25) is 23.6 Å². The molecule has 0 unspecified atom stereocenters. The van der Waals surface area contributed by atoms with Crippen molar-refractivity contribution in [2.24, 2.45) is 35.5 Å². The van der Waals surface area contributed by atoms with E-state index in [0.29, 0.717) is 10.3 Å². The molecular formula is C18H12N4O4S2. The zero-order chi connectivity index (χ0) is 19.2. The van der Waals surface area contributed by atoms with Crippen molar-refractivity contribution in [1.82, 2.24) is 9.97 Å². The van der Waals surface area contributed by atoms with E-state index in [9.17, 15) is 19.2 Å². The minimum absolute atomic E-state index is 0.323. The number of thiazole rings is 2. The van der Waals surface area contributed by atoms with Gasteiger partial charge in [0.25, 0.3) is 0 Å². The van der Waals surface area contributed by atoms with Crippen molar-refractivity contribution < 1.29 is 19.2 Å². The summed E-state index contributed by atoms with van der Waals surface area (Å²) >= 11 is 2.44. The van der Waals surface area contributed by atoms with Crippen LogP contribution >= 0.6 is 22.7 Å². The summed E-state index contributed by atoms with van der Waals surface area (Å²) in [5.41, 5.74) is 0. The van der Waals surface area contributed by atoms with Crippen LogP contribution in [0.1, 0.15) is 0 Å². The van der Waals surface area contributed by atoms with Crippen LogP contribution in [0, 0.1) is 35.5 Å². The molecule has 0 aromatic carbocycles. The van der Waals surface area contributed by atoms with Gasteiger partial charge in [-0.25, -0.2) is 19.8 Å². The summed E-state index contributed by atoms with van der Waals surface area (Å²) < 4.78 is 0. The van der Waals surface area contributed by atoms with Crippen molar-refractivity contribution in [3.63, 3.8) is 0 Å². The van der Waals surface area contributed by atoms with Gasteiger partial charge in [0.15, 0.2) is 10.3 Å². The van der Waals surface area contributed by atoms with E-state index in [0.717, 1.165) is 9.80 Å². The van der Waals surface area contributed by atoms with Gasteiger partial charge in [0.05, 0.1) is 23.7 Å².